The van der Waals surface area contributed by atoms with Gasteiger partial charge in [0.1, 0.15) is 5.56 Å². The number of carbonyl (C=O) groups is 1. The van der Waals surface area contributed by atoms with E-state index >= 15 is 0 Å². The summed E-state index contributed by atoms with van der Waals surface area (Å²) in [5, 5.41) is 0. The molecule has 2 heterocycles. The summed E-state index contributed by atoms with van der Waals surface area (Å²) in [4.78, 5) is 24.8. The number of hydrogen-bond donors (Lipinski definition) is 0. The summed E-state index contributed by atoms with van der Waals surface area (Å²) in [6, 6.07) is 11.6. The second kappa shape index (κ2) is 4.07. The van der Waals surface area contributed by atoms with Gasteiger partial charge in [-0.2, -0.15) is 0 Å². The SMILES string of the molecule is CC1(c2ccccc2)OC(=O)c2c1ccn(C1CC1)c2=O. The van der Waals surface area contributed by atoms with E-state index in [4.69, 9.17) is 4.74 Å². The molecule has 2 aliphatic rings. The fourth-order valence-electron chi connectivity index (χ4n) is 3.05. The number of nitrogens with zero attached hydrogens (tertiary/aromatic N) is 1. The standard InChI is InChI=1S/C17H15NO3/c1-17(11-5-3-2-4-6-11)13-9-10-18(12-7-8-12)15(19)14(13)16(20)21-17/h2-6,9-10,12H,7-8H2,1H3. The van der Waals surface area contributed by atoms with E-state index in [1.807, 2.05) is 43.3 Å². The highest BCUT2D eigenvalue weighted by atomic mass is 16.6. The van der Waals surface area contributed by atoms with Crippen LogP contribution in [0.1, 0.15) is 47.3 Å². The van der Waals surface area contributed by atoms with Crippen LogP contribution in [-0.2, 0) is 10.3 Å². The molecule has 0 saturated heterocycles. The van der Waals surface area contributed by atoms with Crippen LogP contribution in [0.25, 0.3) is 0 Å². The van der Waals surface area contributed by atoms with Crippen LogP contribution in [0.2, 0.25) is 0 Å². The van der Waals surface area contributed by atoms with Crippen LogP contribution >= 0.6 is 0 Å². The smallest absolute Gasteiger partial charge is 0.345 e. The zero-order valence-electron chi connectivity index (χ0n) is 11.7. The average Bonchev–Trinajstić information content (AvgIpc) is 3.28. The Balaban J connectivity index is 1.93. The van der Waals surface area contributed by atoms with E-state index in [0.717, 1.165) is 18.4 Å². The van der Waals surface area contributed by atoms with Crippen molar-refractivity contribution in [2.45, 2.75) is 31.4 Å². The quantitative estimate of drug-likeness (QED) is 0.795. The summed E-state index contributed by atoms with van der Waals surface area (Å²) in [7, 11) is 0. The predicted molar refractivity (Wildman–Crippen MR) is 77.3 cm³/mol. The van der Waals surface area contributed by atoms with Crippen LogP contribution in [0.15, 0.2) is 47.4 Å². The lowest BCUT2D eigenvalue weighted by molar-refractivity contribution is 0.0179. The molecule has 0 bridgehead atoms. The molecule has 1 aromatic carbocycles. The Morgan fingerprint density at radius 3 is 2.52 bits per heavy atom. The highest BCUT2D eigenvalue weighted by molar-refractivity contribution is 5.95. The van der Waals surface area contributed by atoms with Gasteiger partial charge in [0.15, 0.2) is 5.60 Å². The van der Waals surface area contributed by atoms with E-state index < -0.39 is 11.6 Å². The lowest BCUT2D eigenvalue weighted by Gasteiger charge is -2.24. The number of esters is 1. The number of aromatic nitrogens is 1. The molecule has 1 saturated carbocycles. The highest BCUT2D eigenvalue weighted by Crippen LogP contribution is 2.41. The maximum absolute atomic E-state index is 12.5. The monoisotopic (exact) mass is 281 g/mol. The number of pyridine rings is 1. The van der Waals surface area contributed by atoms with Crippen molar-refractivity contribution < 1.29 is 9.53 Å². The number of rotatable bonds is 2. The van der Waals surface area contributed by atoms with E-state index in [0.29, 0.717) is 5.56 Å². The number of fused-ring (bicyclic) bond motifs is 1. The van der Waals surface area contributed by atoms with Crippen LogP contribution < -0.4 is 5.56 Å². The van der Waals surface area contributed by atoms with Crippen LogP contribution in [-0.4, -0.2) is 10.5 Å². The number of carbonyl (C=O) groups excluding carboxylic acids is 1. The van der Waals surface area contributed by atoms with Crippen LogP contribution in [0, 0.1) is 0 Å². The van der Waals surface area contributed by atoms with Gasteiger partial charge >= 0.3 is 5.97 Å². The Morgan fingerprint density at radius 1 is 1.14 bits per heavy atom. The Kier molecular flexibility index (Phi) is 2.40. The zero-order chi connectivity index (χ0) is 14.6. The lowest BCUT2D eigenvalue weighted by Crippen LogP contribution is -2.26. The third-order valence-electron chi connectivity index (χ3n) is 4.40. The number of benzene rings is 1. The van der Waals surface area contributed by atoms with Crippen molar-refractivity contribution in [1.29, 1.82) is 0 Å². The first-order chi connectivity index (χ1) is 10.1. The van der Waals surface area contributed by atoms with Crippen molar-refractivity contribution in [3.8, 4) is 0 Å². The summed E-state index contributed by atoms with van der Waals surface area (Å²) in [6.45, 7) is 1.84. The van der Waals surface area contributed by atoms with Crippen LogP contribution in [0.4, 0.5) is 0 Å². The molecular formula is C17H15NO3. The summed E-state index contributed by atoms with van der Waals surface area (Å²) in [6.07, 6.45) is 3.80. The summed E-state index contributed by atoms with van der Waals surface area (Å²) < 4.78 is 7.25. The van der Waals surface area contributed by atoms with Gasteiger partial charge in [-0.3, -0.25) is 4.79 Å². The van der Waals surface area contributed by atoms with Gasteiger partial charge < -0.3 is 9.30 Å². The Labute approximate surface area is 122 Å². The molecule has 1 atom stereocenters. The maximum atomic E-state index is 12.5. The molecule has 4 rings (SSSR count). The highest BCUT2D eigenvalue weighted by Gasteiger charge is 2.45. The summed E-state index contributed by atoms with van der Waals surface area (Å²) in [5.41, 5.74) is 0.631. The molecule has 106 valence electrons. The van der Waals surface area contributed by atoms with Crippen molar-refractivity contribution in [3.05, 3.63) is 69.6 Å². The van der Waals surface area contributed by atoms with Crippen molar-refractivity contribution in [2.75, 3.05) is 0 Å². The van der Waals surface area contributed by atoms with Gasteiger partial charge in [-0.05, 0) is 31.4 Å². The summed E-state index contributed by atoms with van der Waals surface area (Å²) in [5.74, 6) is -0.517. The number of cyclic esters (lactones) is 1. The van der Waals surface area contributed by atoms with Crippen molar-refractivity contribution >= 4 is 5.97 Å². The molecule has 0 amide bonds. The number of hydrogen-bond acceptors (Lipinski definition) is 3. The van der Waals surface area contributed by atoms with Gasteiger partial charge in [0.2, 0.25) is 0 Å². The molecule has 1 aromatic heterocycles. The van der Waals surface area contributed by atoms with Gasteiger partial charge in [0.05, 0.1) is 0 Å². The first kappa shape index (κ1) is 12.4. The fraction of sp³-hybridized carbons (Fsp3) is 0.294. The lowest BCUT2D eigenvalue weighted by atomic mass is 9.88. The normalized spacial score (nSPS) is 23.8. The van der Waals surface area contributed by atoms with E-state index in [1.54, 1.807) is 10.8 Å². The topological polar surface area (TPSA) is 48.3 Å². The van der Waals surface area contributed by atoms with Gasteiger partial charge in [-0.15, -0.1) is 0 Å². The number of ether oxygens (including phenoxy) is 1. The minimum atomic E-state index is -0.879. The van der Waals surface area contributed by atoms with Crippen LogP contribution in [0.5, 0.6) is 0 Å². The fourth-order valence-corrected chi connectivity index (χ4v) is 3.05. The molecule has 2 aromatic rings. The molecule has 0 N–H and O–H groups in total. The van der Waals surface area contributed by atoms with E-state index in [-0.39, 0.29) is 17.2 Å². The Morgan fingerprint density at radius 2 is 1.86 bits per heavy atom. The molecular weight excluding hydrogens is 266 g/mol. The van der Waals surface area contributed by atoms with Crippen molar-refractivity contribution in [3.63, 3.8) is 0 Å². The molecule has 4 nitrogen and oxygen atoms in total. The van der Waals surface area contributed by atoms with E-state index in [2.05, 4.69) is 0 Å². The first-order valence-corrected chi connectivity index (χ1v) is 7.16. The molecule has 1 unspecified atom stereocenters. The minimum Gasteiger partial charge on any atom is -0.446 e. The zero-order valence-corrected chi connectivity index (χ0v) is 11.7. The van der Waals surface area contributed by atoms with Gasteiger partial charge in [-0.1, -0.05) is 30.3 Å². The van der Waals surface area contributed by atoms with Crippen LogP contribution in [0.3, 0.4) is 0 Å². The largest absolute Gasteiger partial charge is 0.446 e. The third kappa shape index (κ3) is 1.68. The van der Waals surface area contributed by atoms with Gasteiger partial charge in [0.25, 0.3) is 5.56 Å². The van der Waals surface area contributed by atoms with Gasteiger partial charge in [-0.25, -0.2) is 4.79 Å². The van der Waals surface area contributed by atoms with E-state index in [9.17, 15) is 9.59 Å². The molecule has 1 aliphatic heterocycles. The third-order valence-corrected chi connectivity index (χ3v) is 4.40. The predicted octanol–water partition coefficient (Wildman–Crippen LogP) is 2.62. The van der Waals surface area contributed by atoms with Gasteiger partial charge in [0, 0.05) is 17.8 Å². The summed E-state index contributed by atoms with van der Waals surface area (Å²) >= 11 is 0. The minimum absolute atomic E-state index is 0.191. The first-order valence-electron chi connectivity index (χ1n) is 7.16. The average molecular weight is 281 g/mol. The second-order valence-corrected chi connectivity index (χ2v) is 5.84. The molecule has 21 heavy (non-hydrogen) atoms. The molecule has 1 fully saturated rings. The van der Waals surface area contributed by atoms with Crippen molar-refractivity contribution in [1.82, 2.24) is 4.57 Å². The second-order valence-electron chi connectivity index (χ2n) is 5.84. The molecule has 1 aliphatic carbocycles. The molecule has 0 spiro atoms. The van der Waals surface area contributed by atoms with E-state index in [1.165, 1.54) is 0 Å². The maximum Gasteiger partial charge on any atom is 0.345 e. The Hall–Kier alpha value is -2.36. The van der Waals surface area contributed by atoms with Crippen molar-refractivity contribution in [2.24, 2.45) is 0 Å². The Bertz CT molecular complexity index is 789. The molecule has 4 heteroatoms. The molecule has 0 radical (unpaired) electrons.